The quantitative estimate of drug-likeness (QED) is 0.209. The average Bonchev–Trinajstić information content (AvgIpc) is 3.27. The van der Waals surface area contributed by atoms with Gasteiger partial charge in [0, 0.05) is 34.9 Å². The SMILES string of the molecule is CC(=O)N(Oc1ccc(CC2SC(=O)NC2=O)cc1)c1ccc(Sc2cc(C(C)(C)C)c(O)c(C(C)(C)C)c2)cc1N(C)C(=O)O. The van der Waals surface area contributed by atoms with Crippen LogP contribution in [-0.4, -0.2) is 45.7 Å². The lowest BCUT2D eigenvalue weighted by molar-refractivity contribution is -0.120. The molecule has 3 N–H and O–H groups in total. The Labute approximate surface area is 277 Å². The molecule has 1 atom stereocenters. The lowest BCUT2D eigenvalue weighted by Gasteiger charge is -2.28. The lowest BCUT2D eigenvalue weighted by atomic mass is 9.79. The van der Waals surface area contributed by atoms with E-state index in [4.69, 9.17) is 4.84 Å². The van der Waals surface area contributed by atoms with Crippen molar-refractivity contribution >= 4 is 58.0 Å². The number of phenols is 1. The fourth-order valence-corrected chi connectivity index (χ4v) is 6.67. The van der Waals surface area contributed by atoms with Gasteiger partial charge >= 0.3 is 6.09 Å². The van der Waals surface area contributed by atoms with Crippen molar-refractivity contribution < 1.29 is 34.2 Å². The number of amides is 4. The van der Waals surface area contributed by atoms with Crippen molar-refractivity contribution in [3.8, 4) is 11.5 Å². The summed E-state index contributed by atoms with van der Waals surface area (Å²) in [5.74, 6) is -0.226. The van der Waals surface area contributed by atoms with Crippen molar-refractivity contribution in [2.45, 2.75) is 80.8 Å². The fourth-order valence-electron chi connectivity index (χ4n) is 4.87. The third kappa shape index (κ3) is 7.97. The van der Waals surface area contributed by atoms with E-state index < -0.39 is 17.3 Å². The predicted octanol–water partition coefficient (Wildman–Crippen LogP) is 7.49. The number of carboxylic acid groups (broad SMARTS) is 1. The molecule has 4 rings (SSSR count). The van der Waals surface area contributed by atoms with Gasteiger partial charge in [0.2, 0.25) is 5.91 Å². The van der Waals surface area contributed by atoms with Crippen molar-refractivity contribution in [1.29, 1.82) is 0 Å². The molecule has 3 aromatic rings. The number of hydrogen-bond acceptors (Lipinski definition) is 8. The van der Waals surface area contributed by atoms with Crippen LogP contribution in [0.4, 0.5) is 21.0 Å². The first-order chi connectivity index (χ1) is 21.3. The molecule has 1 fully saturated rings. The molecule has 0 saturated carbocycles. The minimum absolute atomic E-state index is 0.222. The highest BCUT2D eigenvalue weighted by atomic mass is 32.2. The molecule has 1 saturated heterocycles. The largest absolute Gasteiger partial charge is 0.507 e. The number of nitrogens with zero attached hydrogens (tertiary/aromatic N) is 2. The van der Waals surface area contributed by atoms with Crippen LogP contribution in [0, 0.1) is 0 Å². The summed E-state index contributed by atoms with van der Waals surface area (Å²) in [7, 11) is 1.39. The van der Waals surface area contributed by atoms with Gasteiger partial charge in [-0.3, -0.25) is 24.6 Å². The van der Waals surface area contributed by atoms with Crippen LogP contribution in [0.15, 0.2) is 64.4 Å². The first-order valence-electron chi connectivity index (χ1n) is 14.6. The van der Waals surface area contributed by atoms with E-state index in [-0.39, 0.29) is 39.1 Å². The molecule has 1 unspecified atom stereocenters. The summed E-state index contributed by atoms with van der Waals surface area (Å²) >= 11 is 2.37. The Morgan fingerprint density at radius 2 is 1.50 bits per heavy atom. The molecular weight excluding hydrogens is 627 g/mol. The van der Waals surface area contributed by atoms with E-state index in [9.17, 15) is 29.4 Å². The van der Waals surface area contributed by atoms with E-state index in [2.05, 4.69) is 5.32 Å². The molecule has 0 bridgehead atoms. The van der Waals surface area contributed by atoms with Gasteiger partial charge in [0.15, 0.2) is 5.75 Å². The van der Waals surface area contributed by atoms with Gasteiger partial charge in [-0.05, 0) is 65.3 Å². The summed E-state index contributed by atoms with van der Waals surface area (Å²) in [6.45, 7) is 13.5. The maximum absolute atomic E-state index is 12.9. The zero-order valence-electron chi connectivity index (χ0n) is 27.1. The normalized spacial score (nSPS) is 15.0. The Balaban J connectivity index is 1.66. The summed E-state index contributed by atoms with van der Waals surface area (Å²) < 4.78 is 0. The van der Waals surface area contributed by atoms with Crippen molar-refractivity contribution in [3.63, 3.8) is 0 Å². The second-order valence-corrected chi connectivity index (χ2v) is 15.4. The third-order valence-corrected chi connectivity index (χ3v) is 9.29. The first-order valence-corrected chi connectivity index (χ1v) is 16.3. The number of hydroxylamine groups is 1. The summed E-state index contributed by atoms with van der Waals surface area (Å²) in [5, 5.41) is 23.5. The van der Waals surface area contributed by atoms with Crippen LogP contribution in [-0.2, 0) is 26.8 Å². The van der Waals surface area contributed by atoms with E-state index >= 15 is 0 Å². The lowest BCUT2D eigenvalue weighted by Crippen LogP contribution is -2.35. The van der Waals surface area contributed by atoms with Crippen LogP contribution in [0.25, 0.3) is 0 Å². The summed E-state index contributed by atoms with van der Waals surface area (Å²) in [5.41, 5.74) is 2.23. The van der Waals surface area contributed by atoms with Crippen LogP contribution in [0.1, 0.15) is 65.2 Å². The Bertz CT molecular complexity index is 1640. The number of benzene rings is 3. The van der Waals surface area contributed by atoms with Gasteiger partial charge in [-0.2, -0.15) is 0 Å². The third-order valence-electron chi connectivity index (χ3n) is 7.34. The van der Waals surface area contributed by atoms with E-state index in [0.29, 0.717) is 12.2 Å². The zero-order chi connectivity index (χ0) is 34.1. The second kappa shape index (κ2) is 13.3. The van der Waals surface area contributed by atoms with E-state index in [1.165, 1.54) is 25.7 Å². The molecule has 1 aliphatic heterocycles. The number of rotatable bonds is 8. The van der Waals surface area contributed by atoms with Gasteiger partial charge in [-0.1, -0.05) is 77.2 Å². The maximum Gasteiger partial charge on any atom is 0.411 e. The fraction of sp³-hybridized carbons (Fsp3) is 0.353. The van der Waals surface area contributed by atoms with Gasteiger partial charge < -0.3 is 15.1 Å². The predicted molar refractivity (Wildman–Crippen MR) is 181 cm³/mol. The minimum Gasteiger partial charge on any atom is -0.507 e. The minimum atomic E-state index is -1.22. The summed E-state index contributed by atoms with van der Waals surface area (Å²) in [6.07, 6.45) is -0.876. The number of aromatic hydroxyl groups is 1. The highest BCUT2D eigenvalue weighted by Gasteiger charge is 2.32. The highest BCUT2D eigenvalue weighted by Crippen LogP contribution is 2.44. The molecule has 0 radical (unpaired) electrons. The molecule has 10 nitrogen and oxygen atoms in total. The van der Waals surface area contributed by atoms with Gasteiger partial charge in [0.05, 0.1) is 10.9 Å². The second-order valence-electron chi connectivity index (χ2n) is 13.1. The maximum atomic E-state index is 12.9. The number of carbonyl (C=O) groups excluding carboxylic acids is 3. The molecular formula is C34H39N3O7S2. The summed E-state index contributed by atoms with van der Waals surface area (Å²) in [4.78, 5) is 57.0. The molecule has 12 heteroatoms. The number of phenolic OH excluding ortho intramolecular Hbond substituents is 1. The Morgan fingerprint density at radius 1 is 0.913 bits per heavy atom. The molecule has 3 aromatic carbocycles. The van der Waals surface area contributed by atoms with E-state index in [1.807, 2.05) is 53.7 Å². The van der Waals surface area contributed by atoms with Crippen LogP contribution in [0.3, 0.4) is 0 Å². The van der Waals surface area contributed by atoms with Gasteiger partial charge in [0.1, 0.15) is 11.4 Å². The van der Waals surface area contributed by atoms with Crippen LogP contribution in [0.2, 0.25) is 0 Å². The van der Waals surface area contributed by atoms with Gasteiger partial charge in [-0.25, -0.2) is 4.79 Å². The molecule has 46 heavy (non-hydrogen) atoms. The smallest absolute Gasteiger partial charge is 0.411 e. The van der Waals surface area contributed by atoms with E-state index in [1.54, 1.807) is 42.5 Å². The highest BCUT2D eigenvalue weighted by molar-refractivity contribution is 8.15. The zero-order valence-corrected chi connectivity index (χ0v) is 28.8. The van der Waals surface area contributed by atoms with Crippen LogP contribution >= 0.6 is 23.5 Å². The van der Waals surface area contributed by atoms with Crippen molar-refractivity contribution in [3.05, 3.63) is 71.3 Å². The first kappa shape index (κ1) is 34.7. The van der Waals surface area contributed by atoms with Crippen LogP contribution in [0.5, 0.6) is 11.5 Å². The average molecular weight is 666 g/mol. The molecule has 4 amide bonds. The Morgan fingerprint density at radius 3 is 1.98 bits per heavy atom. The number of imide groups is 1. The molecule has 244 valence electrons. The topological polar surface area (TPSA) is 136 Å². The monoisotopic (exact) mass is 665 g/mol. The molecule has 0 spiro atoms. The van der Waals surface area contributed by atoms with Gasteiger partial charge in [0.25, 0.3) is 11.1 Å². The van der Waals surface area contributed by atoms with Crippen molar-refractivity contribution in [2.75, 3.05) is 17.0 Å². The van der Waals surface area contributed by atoms with Crippen molar-refractivity contribution in [2.24, 2.45) is 0 Å². The van der Waals surface area contributed by atoms with Crippen LogP contribution < -0.4 is 20.1 Å². The number of hydrogen-bond donors (Lipinski definition) is 3. The number of carbonyl (C=O) groups is 4. The Hall–Kier alpha value is -4.16. The molecule has 1 heterocycles. The molecule has 0 aliphatic carbocycles. The molecule has 0 aromatic heterocycles. The molecule has 1 aliphatic rings. The van der Waals surface area contributed by atoms with Gasteiger partial charge in [-0.15, -0.1) is 5.06 Å². The number of nitrogens with one attached hydrogen (secondary N) is 1. The summed E-state index contributed by atoms with van der Waals surface area (Å²) in [6, 6.07) is 15.8. The number of thioether (sulfide) groups is 1. The van der Waals surface area contributed by atoms with E-state index in [0.717, 1.165) is 48.2 Å². The standard InChI is InChI=1S/C34H39N3O7S2/c1-19(38)37(44-21-11-9-20(10-12-21)15-28-30(40)35-31(41)46-28)26-14-13-22(18-27(26)36(8)32(42)43)45-23-16-24(33(2,3)4)29(39)25(17-23)34(5,6)7/h9-14,16-18,28,39H,15H2,1-8H3,(H,42,43)(H,35,40,41). The van der Waals surface area contributed by atoms with Crippen molar-refractivity contribution in [1.82, 2.24) is 5.32 Å². The number of anilines is 2. The Kier molecular flexibility index (Phi) is 10.0.